The van der Waals surface area contributed by atoms with Crippen LogP contribution in [0.5, 0.6) is 0 Å². The van der Waals surface area contributed by atoms with Gasteiger partial charge in [-0.15, -0.1) is 0 Å². The summed E-state index contributed by atoms with van der Waals surface area (Å²) in [5, 5.41) is 0. The van der Waals surface area contributed by atoms with Crippen molar-refractivity contribution >= 4 is 11.9 Å². The van der Waals surface area contributed by atoms with Crippen LogP contribution >= 0.6 is 0 Å². The Morgan fingerprint density at radius 2 is 0.625 bits per heavy atom. The zero-order valence-electron chi connectivity index (χ0n) is 27.6. The molecule has 0 aliphatic carbocycles. The third kappa shape index (κ3) is 33.1. The maximum atomic E-state index is 11.9. The quantitative estimate of drug-likeness (QED) is 0.0618. The van der Waals surface area contributed by atoms with Crippen molar-refractivity contribution in [1.82, 2.24) is 0 Å². The molecule has 0 radical (unpaired) electrons. The molecule has 0 aromatic carbocycles. The lowest BCUT2D eigenvalue weighted by Gasteiger charge is -2.07. The van der Waals surface area contributed by atoms with Gasteiger partial charge in [0.1, 0.15) is 0 Å². The standard InChI is InChI=1S/C36H70O4/c1-33(2)27-21-17-13-9-5-7-11-15-19-25-31-39-35(37)29-23-24-30-36(38)40-32-26-20-16-12-8-6-10-14-18-22-28-34(3)4/h33-34H,5-32H2,1-4H3. The summed E-state index contributed by atoms with van der Waals surface area (Å²) in [7, 11) is 0. The molecule has 238 valence electrons. The Bertz CT molecular complexity index is 495. The van der Waals surface area contributed by atoms with Crippen molar-refractivity contribution < 1.29 is 19.1 Å². The van der Waals surface area contributed by atoms with Crippen molar-refractivity contribution in [3.8, 4) is 0 Å². The Kier molecular flexibility index (Phi) is 30.1. The maximum Gasteiger partial charge on any atom is 0.305 e. The second kappa shape index (κ2) is 30.9. The molecular weight excluding hydrogens is 496 g/mol. The molecule has 0 bridgehead atoms. The molecule has 0 saturated heterocycles. The van der Waals surface area contributed by atoms with Gasteiger partial charge in [-0.2, -0.15) is 0 Å². The van der Waals surface area contributed by atoms with Gasteiger partial charge in [-0.3, -0.25) is 9.59 Å². The number of carbonyl (C=O) groups is 2. The zero-order chi connectivity index (χ0) is 29.5. The Morgan fingerprint density at radius 1 is 0.375 bits per heavy atom. The van der Waals surface area contributed by atoms with Gasteiger partial charge in [0.15, 0.2) is 0 Å². The van der Waals surface area contributed by atoms with Crippen molar-refractivity contribution in [2.75, 3.05) is 13.2 Å². The van der Waals surface area contributed by atoms with Gasteiger partial charge in [0, 0.05) is 12.8 Å². The Balaban J connectivity index is 3.28. The van der Waals surface area contributed by atoms with E-state index < -0.39 is 0 Å². The first-order valence-electron chi connectivity index (χ1n) is 17.7. The summed E-state index contributed by atoms with van der Waals surface area (Å²) in [5.74, 6) is 1.44. The van der Waals surface area contributed by atoms with Crippen molar-refractivity contribution in [2.24, 2.45) is 11.8 Å². The van der Waals surface area contributed by atoms with Gasteiger partial charge in [0.2, 0.25) is 0 Å². The van der Waals surface area contributed by atoms with Crippen LogP contribution in [0.25, 0.3) is 0 Å². The monoisotopic (exact) mass is 567 g/mol. The summed E-state index contributed by atoms with van der Waals surface area (Å²) in [4.78, 5) is 23.8. The average Bonchev–Trinajstić information content (AvgIpc) is 2.91. The van der Waals surface area contributed by atoms with Crippen LogP contribution < -0.4 is 0 Å². The molecule has 4 nitrogen and oxygen atoms in total. The number of ether oxygens (including phenoxy) is 2. The van der Waals surface area contributed by atoms with Gasteiger partial charge in [-0.25, -0.2) is 0 Å². The molecule has 0 aliphatic rings. The molecule has 0 unspecified atom stereocenters. The lowest BCUT2D eigenvalue weighted by Crippen LogP contribution is -2.08. The topological polar surface area (TPSA) is 52.6 Å². The second-order valence-electron chi connectivity index (χ2n) is 13.1. The van der Waals surface area contributed by atoms with E-state index in [-0.39, 0.29) is 11.9 Å². The second-order valence-corrected chi connectivity index (χ2v) is 13.1. The molecule has 0 heterocycles. The third-order valence-corrected chi connectivity index (χ3v) is 7.89. The molecule has 40 heavy (non-hydrogen) atoms. The summed E-state index contributed by atoms with van der Waals surface area (Å²) in [6, 6.07) is 0. The molecule has 0 atom stereocenters. The van der Waals surface area contributed by atoms with Gasteiger partial charge >= 0.3 is 11.9 Å². The van der Waals surface area contributed by atoms with E-state index in [0.29, 0.717) is 38.9 Å². The Morgan fingerprint density at radius 3 is 0.900 bits per heavy atom. The number of hydrogen-bond acceptors (Lipinski definition) is 4. The molecule has 0 fully saturated rings. The lowest BCUT2D eigenvalue weighted by molar-refractivity contribution is -0.146. The first-order chi connectivity index (χ1) is 19.4. The Hall–Kier alpha value is -1.06. The highest BCUT2D eigenvalue weighted by Crippen LogP contribution is 2.15. The van der Waals surface area contributed by atoms with E-state index in [1.165, 1.54) is 116 Å². The fourth-order valence-corrected chi connectivity index (χ4v) is 5.19. The molecule has 0 saturated carbocycles. The van der Waals surface area contributed by atoms with Gasteiger partial charge in [0.05, 0.1) is 13.2 Å². The summed E-state index contributed by atoms with van der Waals surface area (Å²) in [6.07, 6.45) is 30.8. The van der Waals surface area contributed by atoms with E-state index in [2.05, 4.69) is 27.7 Å². The largest absolute Gasteiger partial charge is 0.466 e. The average molecular weight is 567 g/mol. The lowest BCUT2D eigenvalue weighted by atomic mass is 10.0. The summed E-state index contributed by atoms with van der Waals surface area (Å²) < 4.78 is 10.7. The molecule has 0 N–H and O–H groups in total. The molecule has 0 rings (SSSR count). The van der Waals surface area contributed by atoms with E-state index >= 15 is 0 Å². The first kappa shape index (κ1) is 38.9. The van der Waals surface area contributed by atoms with E-state index in [4.69, 9.17) is 9.47 Å². The highest BCUT2D eigenvalue weighted by atomic mass is 16.5. The van der Waals surface area contributed by atoms with Gasteiger partial charge < -0.3 is 9.47 Å². The molecule has 0 aliphatic heterocycles. The smallest absolute Gasteiger partial charge is 0.305 e. The molecule has 0 aromatic rings. The highest BCUT2D eigenvalue weighted by molar-refractivity contribution is 5.70. The van der Waals surface area contributed by atoms with Crippen molar-refractivity contribution in [3.63, 3.8) is 0 Å². The molecular formula is C36H70O4. The van der Waals surface area contributed by atoms with E-state index in [1.54, 1.807) is 0 Å². The number of rotatable bonds is 31. The minimum absolute atomic E-state index is 0.128. The summed E-state index contributed by atoms with van der Waals surface area (Å²) >= 11 is 0. The van der Waals surface area contributed by atoms with Crippen LogP contribution in [0.1, 0.15) is 195 Å². The fraction of sp³-hybridized carbons (Fsp3) is 0.944. The summed E-state index contributed by atoms with van der Waals surface area (Å²) in [5.41, 5.74) is 0. The van der Waals surface area contributed by atoms with Crippen LogP contribution in [-0.4, -0.2) is 25.2 Å². The van der Waals surface area contributed by atoms with Crippen LogP contribution in [0.3, 0.4) is 0 Å². The van der Waals surface area contributed by atoms with E-state index in [9.17, 15) is 9.59 Å². The minimum Gasteiger partial charge on any atom is -0.466 e. The van der Waals surface area contributed by atoms with Gasteiger partial charge in [0.25, 0.3) is 0 Å². The highest BCUT2D eigenvalue weighted by Gasteiger charge is 2.06. The zero-order valence-corrected chi connectivity index (χ0v) is 27.6. The maximum absolute atomic E-state index is 11.9. The normalized spacial score (nSPS) is 11.4. The van der Waals surface area contributed by atoms with Crippen LogP contribution in [0, 0.1) is 11.8 Å². The first-order valence-corrected chi connectivity index (χ1v) is 17.7. The molecule has 4 heteroatoms. The Labute approximate surface area is 250 Å². The number of esters is 2. The fourth-order valence-electron chi connectivity index (χ4n) is 5.19. The third-order valence-electron chi connectivity index (χ3n) is 7.89. The number of carbonyl (C=O) groups excluding carboxylic acids is 2. The number of hydrogen-bond donors (Lipinski definition) is 0. The minimum atomic E-state index is -0.128. The predicted molar refractivity (Wildman–Crippen MR) is 172 cm³/mol. The van der Waals surface area contributed by atoms with Crippen LogP contribution in [0.15, 0.2) is 0 Å². The van der Waals surface area contributed by atoms with Gasteiger partial charge in [-0.1, -0.05) is 156 Å². The number of unbranched alkanes of at least 4 members (excludes halogenated alkanes) is 19. The van der Waals surface area contributed by atoms with Crippen LogP contribution in [-0.2, 0) is 19.1 Å². The molecule has 0 spiro atoms. The molecule has 0 aromatic heterocycles. The van der Waals surface area contributed by atoms with Crippen molar-refractivity contribution in [2.45, 2.75) is 195 Å². The molecule has 0 amide bonds. The van der Waals surface area contributed by atoms with Gasteiger partial charge in [-0.05, 0) is 37.5 Å². The predicted octanol–water partition coefficient (Wildman–Crippen LogP) is 11.5. The van der Waals surface area contributed by atoms with E-state index in [1.807, 2.05) is 0 Å². The van der Waals surface area contributed by atoms with Crippen LogP contribution in [0.4, 0.5) is 0 Å². The van der Waals surface area contributed by atoms with Crippen molar-refractivity contribution in [3.05, 3.63) is 0 Å². The van der Waals surface area contributed by atoms with Crippen LogP contribution in [0.2, 0.25) is 0 Å². The van der Waals surface area contributed by atoms with Crippen molar-refractivity contribution in [1.29, 1.82) is 0 Å². The van der Waals surface area contributed by atoms with E-state index in [0.717, 1.165) is 37.5 Å². The SMILES string of the molecule is CC(C)CCCCCCCCCCCCOC(=O)CCCCC(=O)OCCCCCCCCCCCCC(C)C. The summed E-state index contributed by atoms with van der Waals surface area (Å²) in [6.45, 7) is 10.3.